The zero-order valence-electron chi connectivity index (χ0n) is 17.4. The van der Waals surface area contributed by atoms with Gasteiger partial charge in [0.25, 0.3) is 0 Å². The van der Waals surface area contributed by atoms with E-state index in [1.807, 2.05) is 27.6 Å². The van der Waals surface area contributed by atoms with Gasteiger partial charge < -0.3 is 9.67 Å². The Morgan fingerprint density at radius 1 is 1.31 bits per heavy atom. The molecule has 8 heteroatoms. The highest BCUT2D eigenvalue weighted by Gasteiger charge is 2.34. The highest BCUT2D eigenvalue weighted by Crippen LogP contribution is 2.51. The average molecular weight is 470 g/mol. The Balaban J connectivity index is 1.74. The first-order valence-electron chi connectivity index (χ1n) is 10.5. The van der Waals surface area contributed by atoms with Gasteiger partial charge in [-0.05, 0) is 49.6 Å². The Bertz CT molecular complexity index is 1340. The molecule has 32 heavy (non-hydrogen) atoms. The second-order valence-electron chi connectivity index (χ2n) is 7.98. The van der Waals surface area contributed by atoms with Crippen molar-refractivity contribution in [1.29, 1.82) is 0 Å². The summed E-state index contributed by atoms with van der Waals surface area (Å²) < 4.78 is 19.2. The Hall–Kier alpha value is -2.77. The standard InChI is InChI=1S/C24H21ClFN3O2S/c1-2-10-28-13-16(12-27-28)29-21(14-6-7-14)23(18-8-9-19(25)20(26)22(18)29)32-17-5-3-4-15(11-17)24(30)31/h3-5,8-9,11-14H,2,6-7,10H2,1H3,(H,30,31). The third kappa shape index (κ3) is 3.69. The summed E-state index contributed by atoms with van der Waals surface area (Å²) in [6.45, 7) is 2.87. The molecule has 2 heterocycles. The molecule has 1 aliphatic carbocycles. The molecule has 1 fully saturated rings. The lowest BCUT2D eigenvalue weighted by molar-refractivity contribution is 0.0696. The van der Waals surface area contributed by atoms with E-state index in [4.69, 9.17) is 11.6 Å². The average Bonchev–Trinajstić information content (AvgIpc) is 3.42. The van der Waals surface area contributed by atoms with Crippen molar-refractivity contribution in [2.75, 3.05) is 0 Å². The van der Waals surface area contributed by atoms with Crippen molar-refractivity contribution in [1.82, 2.24) is 14.3 Å². The number of hydrogen-bond donors (Lipinski definition) is 1. The van der Waals surface area contributed by atoms with Crippen LogP contribution in [0.3, 0.4) is 0 Å². The van der Waals surface area contributed by atoms with E-state index in [-0.39, 0.29) is 10.6 Å². The van der Waals surface area contributed by atoms with Gasteiger partial charge in [-0.15, -0.1) is 0 Å². The van der Waals surface area contributed by atoms with Crippen molar-refractivity contribution in [3.05, 3.63) is 70.9 Å². The molecule has 5 nitrogen and oxygen atoms in total. The maximum Gasteiger partial charge on any atom is 0.335 e. The van der Waals surface area contributed by atoms with Gasteiger partial charge >= 0.3 is 5.97 Å². The van der Waals surface area contributed by atoms with E-state index in [1.165, 1.54) is 11.8 Å². The zero-order chi connectivity index (χ0) is 22.4. The monoisotopic (exact) mass is 469 g/mol. The highest BCUT2D eigenvalue weighted by atomic mass is 35.5. The van der Waals surface area contributed by atoms with Crippen LogP contribution in [0.15, 0.2) is 58.6 Å². The molecule has 0 atom stereocenters. The number of nitrogens with zero attached hydrogens (tertiary/aromatic N) is 3. The molecule has 2 aromatic heterocycles. The van der Waals surface area contributed by atoms with Crippen LogP contribution in [0.1, 0.15) is 48.2 Å². The number of hydrogen-bond acceptors (Lipinski definition) is 3. The molecule has 4 aromatic rings. The topological polar surface area (TPSA) is 60.0 Å². The van der Waals surface area contributed by atoms with Gasteiger partial charge in [-0.25, -0.2) is 9.18 Å². The first-order valence-corrected chi connectivity index (χ1v) is 11.7. The largest absolute Gasteiger partial charge is 0.478 e. The lowest BCUT2D eigenvalue weighted by atomic mass is 10.2. The molecule has 0 radical (unpaired) electrons. The summed E-state index contributed by atoms with van der Waals surface area (Å²) in [5.74, 6) is -1.13. The van der Waals surface area contributed by atoms with E-state index < -0.39 is 11.8 Å². The normalized spacial score (nSPS) is 13.7. The highest BCUT2D eigenvalue weighted by molar-refractivity contribution is 7.99. The lowest BCUT2D eigenvalue weighted by Crippen LogP contribution is -2.01. The van der Waals surface area contributed by atoms with Gasteiger partial charge in [-0.1, -0.05) is 36.4 Å². The fraction of sp³-hybridized carbons (Fsp3) is 0.250. The number of carboxylic acid groups (broad SMARTS) is 1. The second kappa shape index (κ2) is 8.30. The number of carboxylic acids is 1. The summed E-state index contributed by atoms with van der Waals surface area (Å²) in [6.07, 6.45) is 6.70. The molecule has 2 aromatic carbocycles. The zero-order valence-corrected chi connectivity index (χ0v) is 19.0. The number of benzene rings is 2. The van der Waals surface area contributed by atoms with Crippen LogP contribution in [-0.2, 0) is 6.54 Å². The molecular weight excluding hydrogens is 449 g/mol. The first-order chi connectivity index (χ1) is 15.5. The fourth-order valence-electron chi connectivity index (χ4n) is 4.03. The van der Waals surface area contributed by atoms with Gasteiger partial charge in [0.1, 0.15) is 0 Å². The Morgan fingerprint density at radius 2 is 2.12 bits per heavy atom. The minimum atomic E-state index is -0.974. The van der Waals surface area contributed by atoms with Crippen LogP contribution in [-0.4, -0.2) is 25.4 Å². The first kappa shape index (κ1) is 21.1. The van der Waals surface area contributed by atoms with E-state index in [0.29, 0.717) is 11.4 Å². The molecule has 1 N–H and O–H groups in total. The molecule has 1 saturated carbocycles. The quantitative estimate of drug-likeness (QED) is 0.325. The van der Waals surface area contributed by atoms with Gasteiger partial charge in [0, 0.05) is 39.5 Å². The maximum atomic E-state index is 15.4. The van der Waals surface area contributed by atoms with Crippen LogP contribution in [0.25, 0.3) is 16.6 Å². The molecule has 0 unspecified atom stereocenters. The number of rotatable bonds is 7. The molecule has 1 aliphatic rings. The van der Waals surface area contributed by atoms with Crippen molar-refractivity contribution < 1.29 is 14.3 Å². The van der Waals surface area contributed by atoms with Gasteiger partial charge in [0.2, 0.25) is 0 Å². The Kier molecular flexibility index (Phi) is 5.47. The molecule has 0 bridgehead atoms. The Morgan fingerprint density at radius 3 is 2.84 bits per heavy atom. The van der Waals surface area contributed by atoms with Crippen LogP contribution in [0, 0.1) is 5.82 Å². The van der Waals surface area contributed by atoms with Crippen LogP contribution in [0.2, 0.25) is 5.02 Å². The van der Waals surface area contributed by atoms with Crippen LogP contribution in [0.5, 0.6) is 0 Å². The van der Waals surface area contributed by atoms with Crippen molar-refractivity contribution in [2.45, 2.75) is 48.4 Å². The third-order valence-corrected chi connectivity index (χ3v) is 7.02. The number of aryl methyl sites for hydroxylation is 1. The summed E-state index contributed by atoms with van der Waals surface area (Å²) in [6, 6.07) is 10.3. The van der Waals surface area contributed by atoms with Crippen molar-refractivity contribution >= 4 is 40.2 Å². The van der Waals surface area contributed by atoms with E-state index in [2.05, 4.69) is 12.0 Å². The minimum absolute atomic E-state index is 0.0731. The summed E-state index contributed by atoms with van der Waals surface area (Å²) in [5, 5.41) is 14.7. The molecule has 0 spiro atoms. The van der Waals surface area contributed by atoms with Crippen LogP contribution in [0.4, 0.5) is 4.39 Å². The molecule has 0 amide bonds. The van der Waals surface area contributed by atoms with Gasteiger partial charge in [0.15, 0.2) is 5.82 Å². The third-order valence-electron chi connectivity index (χ3n) is 5.61. The van der Waals surface area contributed by atoms with Crippen LogP contribution >= 0.6 is 23.4 Å². The smallest absolute Gasteiger partial charge is 0.335 e. The van der Waals surface area contributed by atoms with Crippen LogP contribution < -0.4 is 0 Å². The maximum absolute atomic E-state index is 15.4. The van der Waals surface area contributed by atoms with Gasteiger partial charge in [0.05, 0.1) is 28.0 Å². The predicted molar refractivity (Wildman–Crippen MR) is 124 cm³/mol. The minimum Gasteiger partial charge on any atom is -0.478 e. The number of carbonyl (C=O) groups is 1. The van der Waals surface area contributed by atoms with Gasteiger partial charge in [-0.2, -0.15) is 5.10 Å². The van der Waals surface area contributed by atoms with E-state index in [1.54, 1.807) is 30.5 Å². The Labute approximate surface area is 193 Å². The molecule has 164 valence electrons. The van der Waals surface area contributed by atoms with E-state index in [0.717, 1.165) is 52.4 Å². The molecule has 0 saturated heterocycles. The predicted octanol–water partition coefficient (Wildman–Crippen LogP) is 6.76. The summed E-state index contributed by atoms with van der Waals surface area (Å²) in [5.41, 5.74) is 2.50. The number of aromatic nitrogens is 3. The summed E-state index contributed by atoms with van der Waals surface area (Å²) in [4.78, 5) is 13.2. The lowest BCUT2D eigenvalue weighted by Gasteiger charge is -2.10. The number of fused-ring (bicyclic) bond motifs is 1. The fourth-order valence-corrected chi connectivity index (χ4v) is 5.39. The number of halogens is 2. The van der Waals surface area contributed by atoms with Crippen molar-refractivity contribution in [3.8, 4) is 5.69 Å². The van der Waals surface area contributed by atoms with E-state index >= 15 is 4.39 Å². The number of aromatic carboxylic acids is 1. The molecule has 0 aliphatic heterocycles. The van der Waals surface area contributed by atoms with Crippen molar-refractivity contribution in [2.24, 2.45) is 0 Å². The molecular formula is C24H21ClFN3O2S. The molecule has 5 rings (SSSR count). The van der Waals surface area contributed by atoms with E-state index in [9.17, 15) is 9.90 Å². The van der Waals surface area contributed by atoms with Gasteiger partial charge in [-0.3, -0.25) is 4.68 Å². The second-order valence-corrected chi connectivity index (χ2v) is 9.47. The summed E-state index contributed by atoms with van der Waals surface area (Å²) >= 11 is 7.66. The van der Waals surface area contributed by atoms with Crippen molar-refractivity contribution in [3.63, 3.8) is 0 Å². The summed E-state index contributed by atoms with van der Waals surface area (Å²) in [7, 11) is 0. The SMILES string of the molecule is CCCn1cc(-n2c(C3CC3)c(Sc3cccc(C(=O)O)c3)c3ccc(Cl)c(F)c32)cn1.